The highest BCUT2D eigenvalue weighted by molar-refractivity contribution is 5.80. The lowest BCUT2D eigenvalue weighted by Gasteiger charge is -2.37. The lowest BCUT2D eigenvalue weighted by atomic mass is 9.98. The third-order valence-electron chi connectivity index (χ3n) is 5.04. The van der Waals surface area contributed by atoms with Crippen molar-refractivity contribution in [1.29, 1.82) is 0 Å². The van der Waals surface area contributed by atoms with E-state index in [1.807, 2.05) is 4.90 Å². The molecule has 3 rings (SSSR count). The zero-order chi connectivity index (χ0) is 16.9. The van der Waals surface area contributed by atoms with Gasteiger partial charge in [-0.05, 0) is 38.8 Å². The first-order valence-corrected chi connectivity index (χ1v) is 9.18. The van der Waals surface area contributed by atoms with Crippen molar-refractivity contribution >= 4 is 11.9 Å². The molecule has 24 heavy (non-hydrogen) atoms. The predicted molar refractivity (Wildman–Crippen MR) is 91.9 cm³/mol. The standard InChI is InChI=1S/C17H30N4O3/c1-19(2)17(22)21-10-6-7-14(11-21)16-18-23-13-15(24-16)12-20-8-4-3-5-9-20/h14-15H,3-13H2,1-2H3. The molecule has 7 heteroatoms. The summed E-state index contributed by atoms with van der Waals surface area (Å²) in [4.78, 5) is 23.6. The predicted octanol–water partition coefficient (Wildman–Crippen LogP) is 1.59. The van der Waals surface area contributed by atoms with Crippen LogP contribution in [-0.4, -0.2) is 86.2 Å². The van der Waals surface area contributed by atoms with Crippen LogP contribution in [0.4, 0.5) is 4.79 Å². The number of urea groups is 1. The van der Waals surface area contributed by atoms with Gasteiger partial charge in [0.25, 0.3) is 0 Å². The molecule has 3 aliphatic rings. The highest BCUT2D eigenvalue weighted by Crippen LogP contribution is 2.22. The van der Waals surface area contributed by atoms with Crippen LogP contribution in [0, 0.1) is 5.92 Å². The summed E-state index contributed by atoms with van der Waals surface area (Å²) in [6.45, 7) is 5.20. The molecule has 3 heterocycles. The molecular formula is C17H30N4O3. The van der Waals surface area contributed by atoms with Gasteiger partial charge < -0.3 is 19.4 Å². The molecule has 2 unspecified atom stereocenters. The number of carbonyl (C=O) groups is 1. The van der Waals surface area contributed by atoms with Gasteiger partial charge in [0.1, 0.15) is 6.10 Å². The fourth-order valence-corrected chi connectivity index (χ4v) is 3.74. The summed E-state index contributed by atoms with van der Waals surface area (Å²) in [7, 11) is 3.58. The Morgan fingerprint density at radius 2 is 2.00 bits per heavy atom. The zero-order valence-corrected chi connectivity index (χ0v) is 14.9. The van der Waals surface area contributed by atoms with Crippen LogP contribution >= 0.6 is 0 Å². The number of amides is 2. The maximum atomic E-state index is 12.2. The number of carbonyl (C=O) groups excluding carboxylic acids is 1. The monoisotopic (exact) mass is 338 g/mol. The van der Waals surface area contributed by atoms with Gasteiger partial charge in [-0.1, -0.05) is 11.6 Å². The lowest BCUT2D eigenvalue weighted by molar-refractivity contribution is -0.0176. The molecule has 0 spiro atoms. The molecule has 7 nitrogen and oxygen atoms in total. The molecule has 2 saturated heterocycles. The third-order valence-corrected chi connectivity index (χ3v) is 5.04. The summed E-state index contributed by atoms with van der Waals surface area (Å²) in [6.07, 6.45) is 5.91. The van der Waals surface area contributed by atoms with E-state index in [1.165, 1.54) is 19.3 Å². The molecule has 0 aromatic rings. The summed E-state index contributed by atoms with van der Waals surface area (Å²) in [5.41, 5.74) is 0. The van der Waals surface area contributed by atoms with Crippen LogP contribution in [0.1, 0.15) is 32.1 Å². The van der Waals surface area contributed by atoms with E-state index in [0.29, 0.717) is 19.0 Å². The molecule has 2 fully saturated rings. The molecule has 0 N–H and O–H groups in total. The van der Waals surface area contributed by atoms with Gasteiger partial charge in [-0.15, -0.1) is 0 Å². The Hall–Kier alpha value is -1.50. The van der Waals surface area contributed by atoms with Crippen LogP contribution in [-0.2, 0) is 9.57 Å². The second-order valence-electron chi connectivity index (χ2n) is 7.29. The molecule has 0 aliphatic carbocycles. The van der Waals surface area contributed by atoms with Gasteiger partial charge in [-0.2, -0.15) is 0 Å². The van der Waals surface area contributed by atoms with Crippen LogP contribution in [0.15, 0.2) is 5.16 Å². The van der Waals surface area contributed by atoms with E-state index in [1.54, 1.807) is 19.0 Å². The van der Waals surface area contributed by atoms with Gasteiger partial charge in [-0.25, -0.2) is 4.79 Å². The van der Waals surface area contributed by atoms with Crippen LogP contribution in [0.5, 0.6) is 0 Å². The maximum Gasteiger partial charge on any atom is 0.319 e. The third kappa shape index (κ3) is 4.32. The van der Waals surface area contributed by atoms with E-state index >= 15 is 0 Å². The van der Waals surface area contributed by atoms with Gasteiger partial charge in [0.05, 0.1) is 5.92 Å². The average molecular weight is 338 g/mol. The minimum absolute atomic E-state index is 0.0514. The number of hydrogen-bond donors (Lipinski definition) is 0. The second kappa shape index (κ2) is 8.05. The van der Waals surface area contributed by atoms with Crippen molar-refractivity contribution in [2.75, 3.05) is 53.4 Å². The van der Waals surface area contributed by atoms with Crippen molar-refractivity contribution in [3.8, 4) is 0 Å². The maximum absolute atomic E-state index is 12.2. The molecule has 136 valence electrons. The molecule has 0 bridgehead atoms. The van der Waals surface area contributed by atoms with Gasteiger partial charge in [0, 0.05) is 33.7 Å². The van der Waals surface area contributed by atoms with Crippen molar-refractivity contribution in [2.45, 2.75) is 38.2 Å². The largest absolute Gasteiger partial charge is 0.470 e. The van der Waals surface area contributed by atoms with Crippen LogP contribution in [0.2, 0.25) is 0 Å². The van der Waals surface area contributed by atoms with E-state index in [9.17, 15) is 4.79 Å². The summed E-state index contributed by atoms with van der Waals surface area (Å²) < 4.78 is 6.15. The molecule has 0 radical (unpaired) electrons. The number of nitrogens with zero attached hydrogens (tertiary/aromatic N) is 4. The Balaban J connectivity index is 1.53. The quantitative estimate of drug-likeness (QED) is 0.784. The summed E-state index contributed by atoms with van der Waals surface area (Å²) in [5, 5.41) is 4.16. The summed E-state index contributed by atoms with van der Waals surface area (Å²) >= 11 is 0. The van der Waals surface area contributed by atoms with E-state index in [-0.39, 0.29) is 18.1 Å². The van der Waals surface area contributed by atoms with Crippen molar-refractivity contribution in [1.82, 2.24) is 14.7 Å². The number of rotatable bonds is 3. The molecule has 3 aliphatic heterocycles. The van der Waals surface area contributed by atoms with Gasteiger partial charge in [0.2, 0.25) is 5.90 Å². The van der Waals surface area contributed by atoms with E-state index in [2.05, 4.69) is 10.1 Å². The zero-order valence-electron chi connectivity index (χ0n) is 14.9. The van der Waals surface area contributed by atoms with E-state index < -0.39 is 0 Å². The topological polar surface area (TPSA) is 57.6 Å². The molecule has 0 aromatic carbocycles. The first kappa shape index (κ1) is 17.3. The Morgan fingerprint density at radius 1 is 1.21 bits per heavy atom. The average Bonchev–Trinajstić information content (AvgIpc) is 2.62. The fourth-order valence-electron chi connectivity index (χ4n) is 3.74. The molecule has 0 aromatic heterocycles. The minimum Gasteiger partial charge on any atom is -0.470 e. The number of likely N-dealkylation sites (tertiary alicyclic amines) is 2. The highest BCUT2D eigenvalue weighted by Gasteiger charge is 2.33. The van der Waals surface area contributed by atoms with Crippen molar-refractivity contribution in [3.63, 3.8) is 0 Å². The second-order valence-corrected chi connectivity index (χ2v) is 7.29. The van der Waals surface area contributed by atoms with E-state index in [0.717, 1.165) is 39.0 Å². The lowest BCUT2D eigenvalue weighted by Crippen LogP contribution is -2.49. The first-order valence-electron chi connectivity index (χ1n) is 9.18. The van der Waals surface area contributed by atoms with Gasteiger partial charge in [-0.3, -0.25) is 4.90 Å². The SMILES string of the molecule is CN(C)C(=O)N1CCCC(C2=NOCC(CN3CCCCC3)O2)C1. The van der Waals surface area contributed by atoms with Crippen molar-refractivity contribution in [3.05, 3.63) is 0 Å². The van der Waals surface area contributed by atoms with E-state index in [4.69, 9.17) is 9.57 Å². The number of oxime groups is 1. The number of hydrogen-bond acceptors (Lipinski definition) is 5. The smallest absolute Gasteiger partial charge is 0.319 e. The van der Waals surface area contributed by atoms with Gasteiger partial charge in [0.15, 0.2) is 6.61 Å². The molecule has 0 saturated carbocycles. The highest BCUT2D eigenvalue weighted by atomic mass is 16.7. The first-order chi connectivity index (χ1) is 11.6. The Labute approximate surface area is 144 Å². The van der Waals surface area contributed by atoms with Crippen LogP contribution in [0.3, 0.4) is 0 Å². The van der Waals surface area contributed by atoms with Gasteiger partial charge >= 0.3 is 6.03 Å². The summed E-state index contributed by atoms with van der Waals surface area (Å²) in [6, 6.07) is 0.0573. The molecule has 2 amide bonds. The molecular weight excluding hydrogens is 308 g/mol. The van der Waals surface area contributed by atoms with Crippen molar-refractivity contribution < 1.29 is 14.4 Å². The number of piperidine rings is 2. The van der Waals surface area contributed by atoms with Crippen molar-refractivity contribution in [2.24, 2.45) is 11.1 Å². The normalized spacial score (nSPS) is 28.6. The fraction of sp³-hybridized carbons (Fsp3) is 0.882. The number of ether oxygens (including phenoxy) is 1. The van der Waals surface area contributed by atoms with Crippen LogP contribution < -0.4 is 0 Å². The molecule has 2 atom stereocenters. The summed E-state index contributed by atoms with van der Waals surface area (Å²) in [5.74, 6) is 0.825. The Bertz CT molecular complexity index is 463. The van der Waals surface area contributed by atoms with Crippen LogP contribution in [0.25, 0.3) is 0 Å². The minimum atomic E-state index is 0.0514. The Kier molecular flexibility index (Phi) is 5.81. The Morgan fingerprint density at radius 3 is 2.75 bits per heavy atom.